The molecule has 1 aliphatic heterocycles. The van der Waals surface area contributed by atoms with Crippen LogP contribution in [0.3, 0.4) is 0 Å². The molecule has 1 unspecified atom stereocenters. The minimum absolute atomic E-state index is 0.133. The van der Waals surface area contributed by atoms with Crippen LogP contribution in [0.25, 0.3) is 0 Å². The molecule has 3 heteroatoms. The van der Waals surface area contributed by atoms with Crippen LogP contribution >= 0.6 is 22.6 Å². The number of rotatable bonds is 4. The second-order valence-corrected chi connectivity index (χ2v) is 8.17. The van der Waals surface area contributed by atoms with Gasteiger partial charge in [-0.15, -0.1) is 0 Å². The summed E-state index contributed by atoms with van der Waals surface area (Å²) in [5, 5.41) is 0. The van der Waals surface area contributed by atoms with E-state index in [9.17, 15) is 0 Å². The van der Waals surface area contributed by atoms with E-state index in [-0.39, 0.29) is 5.60 Å². The van der Waals surface area contributed by atoms with Crippen LogP contribution in [-0.2, 0) is 9.47 Å². The van der Waals surface area contributed by atoms with Crippen LogP contribution in [0, 0.1) is 11.3 Å². The molecular formula is C16H29IO2. The molecule has 0 aromatic carbocycles. The van der Waals surface area contributed by atoms with Crippen LogP contribution in [0.5, 0.6) is 0 Å². The summed E-state index contributed by atoms with van der Waals surface area (Å²) in [6.07, 6.45) is 7.84. The Kier molecular flexibility index (Phi) is 5.58. The Morgan fingerprint density at radius 1 is 1.21 bits per heavy atom. The lowest BCUT2D eigenvalue weighted by molar-refractivity contribution is -0.0981. The van der Waals surface area contributed by atoms with E-state index in [0.29, 0.717) is 11.5 Å². The minimum Gasteiger partial charge on any atom is -0.376 e. The molecule has 19 heavy (non-hydrogen) atoms. The largest absolute Gasteiger partial charge is 0.376 e. The molecule has 0 bridgehead atoms. The third-order valence-electron chi connectivity index (χ3n) is 4.96. The van der Waals surface area contributed by atoms with Crippen LogP contribution < -0.4 is 0 Å². The zero-order valence-electron chi connectivity index (χ0n) is 12.7. The smallest absolute Gasteiger partial charge is 0.0809 e. The summed E-state index contributed by atoms with van der Waals surface area (Å²) in [7, 11) is 0. The maximum Gasteiger partial charge on any atom is 0.0809 e. The number of ether oxygens (including phenoxy) is 2. The fraction of sp³-hybridized carbons (Fsp3) is 1.00. The first-order valence-corrected chi connectivity index (χ1v) is 9.29. The van der Waals surface area contributed by atoms with Crippen LogP contribution in [0.2, 0.25) is 0 Å². The Hall–Kier alpha value is 0.650. The number of alkyl halides is 1. The fourth-order valence-corrected chi connectivity index (χ4v) is 4.35. The van der Waals surface area contributed by atoms with Gasteiger partial charge in [0.05, 0.1) is 18.3 Å². The van der Waals surface area contributed by atoms with E-state index in [1.807, 2.05) is 0 Å². The third-order valence-corrected chi connectivity index (χ3v) is 6.35. The second kappa shape index (κ2) is 6.61. The van der Waals surface area contributed by atoms with Crippen molar-refractivity contribution in [1.82, 2.24) is 0 Å². The standard InChI is InChI=1S/C16H29IO2/c1-15(2,3)13-6-8-16(12-17,9-7-13)19-11-14-5-4-10-18-14/h13-14H,4-12H2,1-3H3. The van der Waals surface area contributed by atoms with Crippen LogP contribution in [0.1, 0.15) is 59.3 Å². The van der Waals surface area contributed by atoms with E-state index >= 15 is 0 Å². The van der Waals surface area contributed by atoms with Crippen LogP contribution in [0.4, 0.5) is 0 Å². The summed E-state index contributed by atoms with van der Waals surface area (Å²) in [4.78, 5) is 0. The quantitative estimate of drug-likeness (QED) is 0.525. The van der Waals surface area contributed by atoms with E-state index in [1.165, 1.54) is 38.5 Å². The molecule has 2 nitrogen and oxygen atoms in total. The van der Waals surface area contributed by atoms with Crippen molar-refractivity contribution in [3.8, 4) is 0 Å². The van der Waals surface area contributed by atoms with Gasteiger partial charge in [0.15, 0.2) is 0 Å². The third kappa shape index (κ3) is 4.31. The molecule has 0 amide bonds. The fourth-order valence-electron chi connectivity index (χ4n) is 3.37. The molecule has 0 aromatic rings. The van der Waals surface area contributed by atoms with E-state index in [2.05, 4.69) is 43.4 Å². The van der Waals surface area contributed by atoms with Gasteiger partial charge >= 0.3 is 0 Å². The van der Waals surface area contributed by atoms with Crippen molar-refractivity contribution in [2.24, 2.45) is 11.3 Å². The molecule has 2 rings (SSSR count). The summed E-state index contributed by atoms with van der Waals surface area (Å²) in [6, 6.07) is 0. The molecule has 2 aliphatic rings. The highest BCUT2D eigenvalue weighted by atomic mass is 127. The topological polar surface area (TPSA) is 18.5 Å². The van der Waals surface area contributed by atoms with Gasteiger partial charge in [0.2, 0.25) is 0 Å². The van der Waals surface area contributed by atoms with Gasteiger partial charge in [-0.05, 0) is 49.9 Å². The van der Waals surface area contributed by atoms with Gasteiger partial charge in [-0.2, -0.15) is 0 Å². The van der Waals surface area contributed by atoms with Gasteiger partial charge in [-0.1, -0.05) is 43.4 Å². The molecule has 1 heterocycles. The first kappa shape index (κ1) is 16.0. The Morgan fingerprint density at radius 3 is 2.37 bits per heavy atom. The van der Waals surface area contributed by atoms with Gasteiger partial charge < -0.3 is 9.47 Å². The maximum absolute atomic E-state index is 6.33. The summed E-state index contributed by atoms with van der Waals surface area (Å²) in [6.45, 7) is 8.87. The van der Waals surface area contributed by atoms with E-state index in [4.69, 9.17) is 9.47 Å². The summed E-state index contributed by atoms with van der Waals surface area (Å²) < 4.78 is 13.1. The number of hydrogen-bond donors (Lipinski definition) is 0. The monoisotopic (exact) mass is 380 g/mol. The Balaban J connectivity index is 1.83. The van der Waals surface area contributed by atoms with Gasteiger partial charge in [0, 0.05) is 11.0 Å². The van der Waals surface area contributed by atoms with Crippen molar-refractivity contribution in [2.75, 3.05) is 17.6 Å². The van der Waals surface area contributed by atoms with Gasteiger partial charge in [0.1, 0.15) is 0 Å². The van der Waals surface area contributed by atoms with Gasteiger partial charge in [-0.3, -0.25) is 0 Å². The van der Waals surface area contributed by atoms with Crippen LogP contribution in [0.15, 0.2) is 0 Å². The lowest BCUT2D eigenvalue weighted by atomic mass is 9.69. The van der Waals surface area contributed by atoms with Crippen LogP contribution in [-0.4, -0.2) is 29.3 Å². The molecule has 112 valence electrons. The number of halogens is 1. The van der Waals surface area contributed by atoms with Crippen molar-refractivity contribution < 1.29 is 9.47 Å². The Bertz CT molecular complexity index is 271. The van der Waals surface area contributed by atoms with Crippen molar-refractivity contribution in [3.05, 3.63) is 0 Å². The SMILES string of the molecule is CC(C)(C)C1CCC(CI)(OCC2CCCO2)CC1. The highest BCUT2D eigenvalue weighted by Gasteiger charge is 2.39. The van der Waals surface area contributed by atoms with Gasteiger partial charge in [0.25, 0.3) is 0 Å². The Labute approximate surface area is 132 Å². The van der Waals surface area contributed by atoms with Crippen molar-refractivity contribution in [2.45, 2.75) is 71.0 Å². The molecule has 1 aliphatic carbocycles. The summed E-state index contributed by atoms with van der Waals surface area (Å²) in [5.41, 5.74) is 0.584. The van der Waals surface area contributed by atoms with Crippen molar-refractivity contribution >= 4 is 22.6 Å². The Morgan fingerprint density at radius 2 is 1.89 bits per heavy atom. The zero-order chi connectivity index (χ0) is 13.9. The minimum atomic E-state index is 0.133. The van der Waals surface area contributed by atoms with Crippen molar-refractivity contribution in [1.29, 1.82) is 0 Å². The highest BCUT2D eigenvalue weighted by Crippen LogP contribution is 2.43. The number of hydrogen-bond acceptors (Lipinski definition) is 2. The summed E-state index contributed by atoms with van der Waals surface area (Å²) >= 11 is 2.51. The predicted octanol–water partition coefficient (Wildman–Crippen LogP) is 4.59. The molecule has 2 fully saturated rings. The van der Waals surface area contributed by atoms with Crippen molar-refractivity contribution in [3.63, 3.8) is 0 Å². The lowest BCUT2D eigenvalue weighted by Crippen LogP contribution is -2.42. The maximum atomic E-state index is 6.33. The van der Waals surface area contributed by atoms with Gasteiger partial charge in [-0.25, -0.2) is 0 Å². The second-order valence-electron chi connectivity index (χ2n) is 7.40. The molecule has 0 N–H and O–H groups in total. The lowest BCUT2D eigenvalue weighted by Gasteiger charge is -2.43. The zero-order valence-corrected chi connectivity index (χ0v) is 14.9. The molecule has 0 aromatic heterocycles. The molecule has 0 spiro atoms. The average molecular weight is 380 g/mol. The predicted molar refractivity (Wildman–Crippen MR) is 88.0 cm³/mol. The first-order chi connectivity index (χ1) is 8.95. The van der Waals surface area contributed by atoms with E-state index in [0.717, 1.165) is 23.6 Å². The van der Waals surface area contributed by atoms with E-state index < -0.39 is 0 Å². The summed E-state index contributed by atoms with van der Waals surface area (Å²) in [5.74, 6) is 0.856. The average Bonchev–Trinajstić information content (AvgIpc) is 2.89. The highest BCUT2D eigenvalue weighted by molar-refractivity contribution is 14.1. The molecule has 1 atom stereocenters. The molecule has 0 radical (unpaired) electrons. The first-order valence-electron chi connectivity index (χ1n) is 7.77. The normalized spacial score (nSPS) is 36.6. The molecule has 1 saturated heterocycles. The molecule has 1 saturated carbocycles. The van der Waals surface area contributed by atoms with E-state index in [1.54, 1.807) is 0 Å². The molecular weight excluding hydrogens is 351 g/mol.